The van der Waals surface area contributed by atoms with Crippen molar-refractivity contribution in [2.24, 2.45) is 10.9 Å². The molecule has 19 heavy (non-hydrogen) atoms. The standard InChI is InChI=1S/C15H16N2OS/c1-11-6-8-13(9-7-11)19-10-12-4-2-3-5-14(12)15(16)17-18/h2-9,18H,10H2,1H3,(H2,16,17). The van der Waals surface area contributed by atoms with Crippen LogP contribution in [0.25, 0.3) is 0 Å². The fourth-order valence-corrected chi connectivity index (χ4v) is 2.65. The minimum absolute atomic E-state index is 0.153. The Bertz CT molecular complexity index is 579. The van der Waals surface area contributed by atoms with Gasteiger partial charge in [-0.25, -0.2) is 0 Å². The molecule has 3 nitrogen and oxygen atoms in total. The van der Waals surface area contributed by atoms with E-state index in [-0.39, 0.29) is 5.84 Å². The molecular formula is C15H16N2OS. The molecule has 0 aliphatic carbocycles. The van der Waals surface area contributed by atoms with Gasteiger partial charge in [0.2, 0.25) is 0 Å². The predicted molar refractivity (Wildman–Crippen MR) is 79.7 cm³/mol. The second-order valence-electron chi connectivity index (χ2n) is 4.24. The Morgan fingerprint density at radius 2 is 1.84 bits per heavy atom. The highest BCUT2D eigenvalue weighted by atomic mass is 32.2. The summed E-state index contributed by atoms with van der Waals surface area (Å²) in [5, 5.41) is 11.9. The van der Waals surface area contributed by atoms with Crippen molar-refractivity contribution in [2.45, 2.75) is 17.6 Å². The normalized spacial score (nSPS) is 11.5. The molecule has 0 heterocycles. The third-order valence-electron chi connectivity index (χ3n) is 2.82. The van der Waals surface area contributed by atoms with Gasteiger partial charge in [0.1, 0.15) is 0 Å². The van der Waals surface area contributed by atoms with Crippen molar-refractivity contribution in [1.29, 1.82) is 0 Å². The van der Waals surface area contributed by atoms with E-state index in [0.717, 1.165) is 16.9 Å². The van der Waals surface area contributed by atoms with Crippen LogP contribution in [0, 0.1) is 6.92 Å². The SMILES string of the molecule is Cc1ccc(SCc2ccccc2/C(N)=N/O)cc1. The Morgan fingerprint density at radius 1 is 1.16 bits per heavy atom. The van der Waals surface area contributed by atoms with Gasteiger partial charge in [0.25, 0.3) is 0 Å². The second kappa shape index (κ2) is 6.29. The van der Waals surface area contributed by atoms with Crippen molar-refractivity contribution in [2.75, 3.05) is 0 Å². The Balaban J connectivity index is 2.13. The number of oxime groups is 1. The number of hydrogen-bond donors (Lipinski definition) is 2. The van der Waals surface area contributed by atoms with Crippen LogP contribution < -0.4 is 5.73 Å². The summed E-state index contributed by atoms with van der Waals surface area (Å²) in [6, 6.07) is 16.1. The van der Waals surface area contributed by atoms with Crippen molar-refractivity contribution in [1.82, 2.24) is 0 Å². The molecular weight excluding hydrogens is 256 g/mol. The smallest absolute Gasteiger partial charge is 0.170 e. The molecule has 0 aliphatic rings. The first-order valence-corrected chi connectivity index (χ1v) is 6.94. The summed E-state index contributed by atoms with van der Waals surface area (Å²) in [5.74, 6) is 0.940. The first kappa shape index (κ1) is 13.5. The van der Waals surface area contributed by atoms with Gasteiger partial charge in [-0.15, -0.1) is 11.8 Å². The highest BCUT2D eigenvalue weighted by Crippen LogP contribution is 2.24. The fraction of sp³-hybridized carbons (Fsp3) is 0.133. The average molecular weight is 272 g/mol. The van der Waals surface area contributed by atoms with E-state index in [0.29, 0.717) is 0 Å². The number of amidine groups is 1. The van der Waals surface area contributed by atoms with Crippen molar-refractivity contribution in [3.63, 3.8) is 0 Å². The number of aryl methyl sites for hydroxylation is 1. The van der Waals surface area contributed by atoms with E-state index in [4.69, 9.17) is 10.9 Å². The molecule has 0 saturated carbocycles. The summed E-state index contributed by atoms with van der Waals surface area (Å²) in [7, 11) is 0. The molecule has 0 aromatic heterocycles. The van der Waals surface area contributed by atoms with Crippen LogP contribution >= 0.6 is 11.8 Å². The van der Waals surface area contributed by atoms with Gasteiger partial charge in [0.15, 0.2) is 5.84 Å². The van der Waals surface area contributed by atoms with Crippen LogP contribution in [0.1, 0.15) is 16.7 Å². The molecule has 0 spiro atoms. The van der Waals surface area contributed by atoms with Gasteiger partial charge in [-0.2, -0.15) is 0 Å². The van der Waals surface area contributed by atoms with Crippen molar-refractivity contribution >= 4 is 17.6 Å². The van der Waals surface area contributed by atoms with Crippen LogP contribution in [0.15, 0.2) is 58.6 Å². The van der Waals surface area contributed by atoms with E-state index in [2.05, 4.69) is 36.3 Å². The van der Waals surface area contributed by atoms with E-state index in [9.17, 15) is 0 Å². The van der Waals surface area contributed by atoms with Crippen LogP contribution in [-0.2, 0) is 5.75 Å². The van der Waals surface area contributed by atoms with Gasteiger partial charge in [-0.3, -0.25) is 0 Å². The molecule has 2 rings (SSSR count). The van der Waals surface area contributed by atoms with E-state index in [1.54, 1.807) is 11.8 Å². The van der Waals surface area contributed by atoms with Gasteiger partial charge in [0, 0.05) is 16.2 Å². The maximum atomic E-state index is 8.78. The third kappa shape index (κ3) is 3.51. The Kier molecular flexibility index (Phi) is 4.47. The van der Waals surface area contributed by atoms with Gasteiger partial charge in [-0.05, 0) is 24.6 Å². The molecule has 2 aromatic rings. The quantitative estimate of drug-likeness (QED) is 0.295. The molecule has 0 amide bonds. The van der Waals surface area contributed by atoms with E-state index >= 15 is 0 Å². The minimum atomic E-state index is 0.153. The molecule has 0 fully saturated rings. The van der Waals surface area contributed by atoms with E-state index in [1.807, 2.05) is 24.3 Å². The predicted octanol–water partition coefficient (Wildman–Crippen LogP) is 3.38. The summed E-state index contributed by atoms with van der Waals surface area (Å²) in [5.41, 5.74) is 8.77. The zero-order chi connectivity index (χ0) is 13.7. The molecule has 0 aliphatic heterocycles. The van der Waals surface area contributed by atoms with Crippen LogP contribution in [0.5, 0.6) is 0 Å². The highest BCUT2D eigenvalue weighted by molar-refractivity contribution is 7.98. The van der Waals surface area contributed by atoms with Crippen LogP contribution in [0.2, 0.25) is 0 Å². The van der Waals surface area contributed by atoms with Crippen molar-refractivity contribution in [3.8, 4) is 0 Å². The molecule has 0 unspecified atom stereocenters. The summed E-state index contributed by atoms with van der Waals surface area (Å²) in [6.07, 6.45) is 0. The number of benzene rings is 2. The third-order valence-corrected chi connectivity index (χ3v) is 3.88. The van der Waals surface area contributed by atoms with E-state index < -0.39 is 0 Å². The summed E-state index contributed by atoms with van der Waals surface area (Å²) in [6.45, 7) is 2.07. The fourth-order valence-electron chi connectivity index (χ4n) is 1.75. The van der Waals surface area contributed by atoms with Crippen LogP contribution in [0.4, 0.5) is 0 Å². The molecule has 98 valence electrons. The Hall–Kier alpha value is -1.94. The lowest BCUT2D eigenvalue weighted by molar-refractivity contribution is 0.318. The van der Waals surface area contributed by atoms with Crippen LogP contribution in [-0.4, -0.2) is 11.0 Å². The average Bonchev–Trinajstić information content (AvgIpc) is 2.46. The highest BCUT2D eigenvalue weighted by Gasteiger charge is 2.06. The minimum Gasteiger partial charge on any atom is -0.409 e. The zero-order valence-electron chi connectivity index (χ0n) is 10.7. The molecule has 3 N–H and O–H groups in total. The summed E-state index contributed by atoms with van der Waals surface area (Å²) in [4.78, 5) is 1.21. The van der Waals surface area contributed by atoms with Crippen molar-refractivity contribution < 1.29 is 5.21 Å². The first-order valence-electron chi connectivity index (χ1n) is 5.96. The molecule has 2 aromatic carbocycles. The van der Waals surface area contributed by atoms with Gasteiger partial charge in [-0.1, -0.05) is 47.1 Å². The second-order valence-corrected chi connectivity index (χ2v) is 5.29. The topological polar surface area (TPSA) is 58.6 Å². The van der Waals surface area contributed by atoms with Crippen LogP contribution in [0.3, 0.4) is 0 Å². The maximum Gasteiger partial charge on any atom is 0.170 e. The van der Waals surface area contributed by atoms with Crippen molar-refractivity contribution in [3.05, 3.63) is 65.2 Å². The molecule has 0 radical (unpaired) electrons. The Labute approximate surface area is 117 Å². The monoisotopic (exact) mass is 272 g/mol. The zero-order valence-corrected chi connectivity index (χ0v) is 11.5. The lowest BCUT2D eigenvalue weighted by Gasteiger charge is -2.08. The number of hydrogen-bond acceptors (Lipinski definition) is 3. The largest absolute Gasteiger partial charge is 0.409 e. The first-order chi connectivity index (χ1) is 9.20. The number of nitrogens with two attached hydrogens (primary N) is 1. The maximum absolute atomic E-state index is 8.78. The lowest BCUT2D eigenvalue weighted by atomic mass is 10.1. The molecule has 4 heteroatoms. The van der Waals surface area contributed by atoms with Gasteiger partial charge < -0.3 is 10.9 Å². The number of thioether (sulfide) groups is 1. The molecule has 0 bridgehead atoms. The number of rotatable bonds is 4. The van der Waals surface area contributed by atoms with E-state index in [1.165, 1.54) is 10.5 Å². The Morgan fingerprint density at radius 3 is 2.53 bits per heavy atom. The lowest BCUT2D eigenvalue weighted by Crippen LogP contribution is -2.15. The van der Waals surface area contributed by atoms with Gasteiger partial charge >= 0.3 is 0 Å². The molecule has 0 saturated heterocycles. The van der Waals surface area contributed by atoms with Gasteiger partial charge in [0.05, 0.1) is 0 Å². The summed E-state index contributed by atoms with van der Waals surface area (Å²) < 4.78 is 0. The summed E-state index contributed by atoms with van der Waals surface area (Å²) >= 11 is 1.73. The number of nitrogens with zero attached hydrogens (tertiary/aromatic N) is 1. The molecule has 0 atom stereocenters.